The van der Waals surface area contributed by atoms with E-state index in [0.29, 0.717) is 22.9 Å². The average molecular weight is 493 g/mol. The van der Waals surface area contributed by atoms with Crippen LogP contribution in [-0.2, 0) is 10.0 Å². The summed E-state index contributed by atoms with van der Waals surface area (Å²) in [5, 5.41) is 2.78. The molecule has 0 unspecified atom stereocenters. The maximum atomic E-state index is 13.0. The Hall–Kier alpha value is -3.81. The molecule has 0 saturated carbocycles. The number of aryl methyl sites for hydroxylation is 1. The first-order chi connectivity index (χ1) is 16.3. The number of amides is 1. The molecule has 0 heterocycles. The van der Waals surface area contributed by atoms with E-state index in [4.69, 9.17) is 16.3 Å². The number of benzene rings is 4. The Morgan fingerprint density at radius 1 is 0.853 bits per heavy atom. The van der Waals surface area contributed by atoms with E-state index in [9.17, 15) is 13.2 Å². The van der Waals surface area contributed by atoms with Gasteiger partial charge in [-0.3, -0.25) is 9.52 Å². The first-order valence-electron chi connectivity index (χ1n) is 10.3. The van der Waals surface area contributed by atoms with Crippen LogP contribution in [-0.4, -0.2) is 14.3 Å². The molecule has 1 amide bonds. The lowest BCUT2D eigenvalue weighted by Gasteiger charge is -2.14. The second-order valence-corrected chi connectivity index (χ2v) is 9.54. The second kappa shape index (κ2) is 9.99. The number of ether oxygens (including phenoxy) is 1. The summed E-state index contributed by atoms with van der Waals surface area (Å²) in [7, 11) is -4.03. The van der Waals surface area contributed by atoms with Gasteiger partial charge in [-0.15, -0.1) is 0 Å². The molecule has 172 valence electrons. The van der Waals surface area contributed by atoms with Gasteiger partial charge in [0, 0.05) is 11.3 Å². The van der Waals surface area contributed by atoms with E-state index in [1.807, 2.05) is 31.2 Å². The number of hydrogen-bond donors (Lipinski definition) is 2. The lowest BCUT2D eigenvalue weighted by molar-refractivity contribution is 0.102. The molecule has 0 aliphatic rings. The Kier molecular flexibility index (Phi) is 6.86. The van der Waals surface area contributed by atoms with Gasteiger partial charge in [-0.2, -0.15) is 0 Å². The number of para-hydroxylation sites is 3. The molecule has 0 saturated heterocycles. The van der Waals surface area contributed by atoms with E-state index in [0.717, 1.165) is 5.56 Å². The number of carbonyl (C=O) groups is 1. The van der Waals surface area contributed by atoms with Crippen molar-refractivity contribution in [2.45, 2.75) is 11.8 Å². The molecule has 0 fully saturated rings. The van der Waals surface area contributed by atoms with Crippen molar-refractivity contribution in [3.05, 3.63) is 113 Å². The molecule has 0 aromatic heterocycles. The van der Waals surface area contributed by atoms with Gasteiger partial charge in [0.25, 0.3) is 15.9 Å². The van der Waals surface area contributed by atoms with Gasteiger partial charge in [-0.05, 0) is 67.1 Å². The summed E-state index contributed by atoms with van der Waals surface area (Å²) in [6.07, 6.45) is 0. The van der Waals surface area contributed by atoms with Crippen molar-refractivity contribution in [3.8, 4) is 11.5 Å². The third kappa shape index (κ3) is 5.57. The van der Waals surface area contributed by atoms with Gasteiger partial charge in [0.05, 0.1) is 10.7 Å². The Morgan fingerprint density at radius 2 is 1.59 bits per heavy atom. The maximum Gasteiger partial charge on any atom is 0.263 e. The van der Waals surface area contributed by atoms with Gasteiger partial charge >= 0.3 is 0 Å². The van der Waals surface area contributed by atoms with Crippen LogP contribution < -0.4 is 14.8 Å². The number of anilines is 2. The smallest absolute Gasteiger partial charge is 0.263 e. The highest BCUT2D eigenvalue weighted by Gasteiger charge is 2.21. The summed E-state index contributed by atoms with van der Waals surface area (Å²) in [6.45, 7) is 1.86. The van der Waals surface area contributed by atoms with Crippen LogP contribution in [0.3, 0.4) is 0 Å². The van der Waals surface area contributed by atoms with Crippen molar-refractivity contribution in [2.24, 2.45) is 0 Å². The normalized spacial score (nSPS) is 11.0. The fourth-order valence-corrected chi connectivity index (χ4v) is 4.81. The van der Waals surface area contributed by atoms with E-state index >= 15 is 0 Å². The Balaban J connectivity index is 1.58. The average Bonchev–Trinajstić information content (AvgIpc) is 2.81. The summed E-state index contributed by atoms with van der Waals surface area (Å²) < 4.78 is 34.3. The van der Waals surface area contributed by atoms with E-state index < -0.39 is 15.9 Å². The maximum absolute atomic E-state index is 13.0. The second-order valence-electron chi connectivity index (χ2n) is 7.49. The Bertz CT molecular complexity index is 1440. The Labute approximate surface area is 203 Å². The third-order valence-corrected chi connectivity index (χ3v) is 6.72. The summed E-state index contributed by atoms with van der Waals surface area (Å²) in [5.74, 6) is 0.559. The van der Waals surface area contributed by atoms with E-state index in [1.54, 1.807) is 54.6 Å². The predicted molar refractivity (Wildman–Crippen MR) is 134 cm³/mol. The van der Waals surface area contributed by atoms with E-state index in [1.165, 1.54) is 18.2 Å². The summed E-state index contributed by atoms with van der Waals surface area (Å²) in [4.78, 5) is 12.8. The fraction of sp³-hybridized carbons (Fsp3) is 0.0385. The van der Waals surface area contributed by atoms with Gasteiger partial charge in [0.15, 0.2) is 5.75 Å². The first kappa shape index (κ1) is 23.4. The van der Waals surface area contributed by atoms with Crippen molar-refractivity contribution in [1.29, 1.82) is 0 Å². The van der Waals surface area contributed by atoms with Crippen molar-refractivity contribution in [1.82, 2.24) is 0 Å². The van der Waals surface area contributed by atoms with Gasteiger partial charge < -0.3 is 10.1 Å². The minimum absolute atomic E-state index is 0.00418. The number of carbonyl (C=O) groups excluding carboxylic acids is 1. The first-order valence-corrected chi connectivity index (χ1v) is 12.2. The van der Waals surface area contributed by atoms with E-state index in [2.05, 4.69) is 10.0 Å². The summed E-state index contributed by atoms with van der Waals surface area (Å²) in [5.41, 5.74) is 1.87. The van der Waals surface area contributed by atoms with E-state index in [-0.39, 0.29) is 15.5 Å². The molecule has 8 heteroatoms. The zero-order valence-electron chi connectivity index (χ0n) is 18.2. The molecule has 0 atom stereocenters. The number of sulfonamides is 1. The van der Waals surface area contributed by atoms with Crippen LogP contribution in [0.1, 0.15) is 15.9 Å². The molecule has 0 spiro atoms. The lowest BCUT2D eigenvalue weighted by Crippen LogP contribution is -2.16. The molecule has 34 heavy (non-hydrogen) atoms. The molecule has 6 nitrogen and oxygen atoms in total. The number of halogens is 1. The molecule has 4 aromatic rings. The van der Waals surface area contributed by atoms with Crippen LogP contribution in [0.4, 0.5) is 11.4 Å². The number of rotatable bonds is 7. The highest BCUT2D eigenvalue weighted by atomic mass is 35.5. The van der Waals surface area contributed by atoms with Crippen LogP contribution in [0.5, 0.6) is 11.5 Å². The topological polar surface area (TPSA) is 84.5 Å². The molecule has 2 N–H and O–H groups in total. The minimum Gasteiger partial charge on any atom is -0.455 e. The molecular weight excluding hydrogens is 472 g/mol. The lowest BCUT2D eigenvalue weighted by atomic mass is 10.2. The summed E-state index contributed by atoms with van der Waals surface area (Å²) >= 11 is 6.19. The van der Waals surface area contributed by atoms with Crippen LogP contribution in [0.15, 0.2) is 102 Å². The molecular formula is C26H21ClN2O4S. The fourth-order valence-electron chi connectivity index (χ4n) is 3.24. The van der Waals surface area contributed by atoms with Crippen molar-refractivity contribution >= 4 is 38.9 Å². The van der Waals surface area contributed by atoms with Crippen molar-refractivity contribution in [3.63, 3.8) is 0 Å². The molecule has 0 bridgehead atoms. The number of nitrogens with one attached hydrogen (secondary N) is 2. The molecule has 0 aliphatic carbocycles. The molecule has 4 aromatic carbocycles. The van der Waals surface area contributed by atoms with Gasteiger partial charge in [-0.25, -0.2) is 8.42 Å². The van der Waals surface area contributed by atoms with Crippen LogP contribution in [0.25, 0.3) is 0 Å². The highest BCUT2D eigenvalue weighted by Crippen LogP contribution is 2.30. The summed E-state index contributed by atoms with van der Waals surface area (Å²) in [6, 6.07) is 27.2. The molecule has 0 aliphatic heterocycles. The highest BCUT2D eigenvalue weighted by molar-refractivity contribution is 7.92. The van der Waals surface area contributed by atoms with Crippen LogP contribution in [0.2, 0.25) is 5.02 Å². The standard InChI is InChI=1S/C26H21ClN2O4S/c1-18-8-7-9-20(16-18)29-34(31,32)25-17-19(14-15-22(25)27)26(30)28-23-12-5-6-13-24(23)33-21-10-3-2-4-11-21/h2-17,29H,1H3,(H,28,30). The van der Waals surface area contributed by atoms with Crippen molar-refractivity contribution in [2.75, 3.05) is 10.0 Å². The van der Waals surface area contributed by atoms with Crippen LogP contribution in [0, 0.1) is 6.92 Å². The predicted octanol–water partition coefficient (Wildman–Crippen LogP) is 6.49. The quantitative estimate of drug-likeness (QED) is 0.308. The molecule has 0 radical (unpaired) electrons. The zero-order valence-corrected chi connectivity index (χ0v) is 19.7. The Morgan fingerprint density at radius 3 is 2.35 bits per heavy atom. The van der Waals surface area contributed by atoms with Gasteiger partial charge in [-0.1, -0.05) is 54.1 Å². The molecule has 4 rings (SSSR count). The number of hydrogen-bond acceptors (Lipinski definition) is 4. The zero-order chi connectivity index (χ0) is 24.1. The monoisotopic (exact) mass is 492 g/mol. The SMILES string of the molecule is Cc1cccc(NS(=O)(=O)c2cc(C(=O)Nc3ccccc3Oc3ccccc3)ccc2Cl)c1. The minimum atomic E-state index is -4.03. The van der Waals surface area contributed by atoms with Gasteiger partial charge in [0.2, 0.25) is 0 Å². The largest absolute Gasteiger partial charge is 0.455 e. The van der Waals surface area contributed by atoms with Crippen LogP contribution >= 0.6 is 11.6 Å². The van der Waals surface area contributed by atoms with Gasteiger partial charge in [0.1, 0.15) is 10.6 Å². The third-order valence-electron chi connectivity index (χ3n) is 4.86. The van der Waals surface area contributed by atoms with Crippen molar-refractivity contribution < 1.29 is 17.9 Å².